The average molecular weight is 234 g/mol. The highest BCUT2D eigenvalue weighted by molar-refractivity contribution is 7.87. The number of piperidine rings is 1. The third-order valence-corrected chi connectivity index (χ3v) is 4.26. The van der Waals surface area contributed by atoms with E-state index < -0.39 is 10.2 Å². The summed E-state index contributed by atoms with van der Waals surface area (Å²) in [5.41, 5.74) is 0. The SMILES string of the molecule is CCCNS(=O)(=O)N1CC(C)CC(C)C1. The molecule has 2 atom stereocenters. The molecule has 0 bridgehead atoms. The molecular weight excluding hydrogens is 212 g/mol. The minimum Gasteiger partial charge on any atom is -0.202 e. The lowest BCUT2D eigenvalue weighted by atomic mass is 9.94. The first-order valence-corrected chi connectivity index (χ1v) is 7.14. The van der Waals surface area contributed by atoms with Crippen LogP contribution in [0.3, 0.4) is 0 Å². The van der Waals surface area contributed by atoms with Gasteiger partial charge < -0.3 is 0 Å². The van der Waals surface area contributed by atoms with Crippen molar-refractivity contribution in [1.82, 2.24) is 9.03 Å². The number of nitrogens with zero attached hydrogens (tertiary/aromatic N) is 1. The van der Waals surface area contributed by atoms with Crippen LogP contribution in [0.2, 0.25) is 0 Å². The summed E-state index contributed by atoms with van der Waals surface area (Å²) in [5.74, 6) is 0.930. The average Bonchev–Trinajstić information content (AvgIpc) is 2.13. The Morgan fingerprint density at radius 3 is 2.27 bits per heavy atom. The van der Waals surface area contributed by atoms with Gasteiger partial charge in [-0.05, 0) is 24.7 Å². The summed E-state index contributed by atoms with van der Waals surface area (Å²) >= 11 is 0. The van der Waals surface area contributed by atoms with Gasteiger partial charge in [0.15, 0.2) is 0 Å². The molecule has 4 nitrogen and oxygen atoms in total. The van der Waals surface area contributed by atoms with Gasteiger partial charge >= 0.3 is 0 Å². The highest BCUT2D eigenvalue weighted by atomic mass is 32.2. The Kier molecular flexibility index (Phi) is 4.55. The van der Waals surface area contributed by atoms with E-state index in [4.69, 9.17) is 0 Å². The summed E-state index contributed by atoms with van der Waals surface area (Å²) in [7, 11) is -3.23. The van der Waals surface area contributed by atoms with Gasteiger partial charge in [-0.2, -0.15) is 12.7 Å². The van der Waals surface area contributed by atoms with Crippen LogP contribution in [0.25, 0.3) is 0 Å². The van der Waals surface area contributed by atoms with E-state index in [1.165, 1.54) is 0 Å². The Labute approximate surface area is 93.2 Å². The fourth-order valence-electron chi connectivity index (χ4n) is 2.12. The van der Waals surface area contributed by atoms with Crippen molar-refractivity contribution in [1.29, 1.82) is 0 Å². The summed E-state index contributed by atoms with van der Waals surface area (Å²) < 4.78 is 27.9. The number of rotatable bonds is 4. The van der Waals surface area contributed by atoms with Crippen molar-refractivity contribution >= 4 is 10.2 Å². The lowest BCUT2D eigenvalue weighted by molar-refractivity contribution is 0.220. The maximum atomic E-state index is 11.9. The van der Waals surface area contributed by atoms with E-state index in [2.05, 4.69) is 18.6 Å². The van der Waals surface area contributed by atoms with Crippen molar-refractivity contribution in [2.24, 2.45) is 11.8 Å². The molecule has 0 spiro atoms. The van der Waals surface area contributed by atoms with Gasteiger partial charge in [-0.25, -0.2) is 4.72 Å². The minimum atomic E-state index is -3.23. The fourth-order valence-corrected chi connectivity index (χ4v) is 3.67. The molecule has 0 aromatic carbocycles. The van der Waals surface area contributed by atoms with Crippen molar-refractivity contribution in [2.75, 3.05) is 19.6 Å². The van der Waals surface area contributed by atoms with Gasteiger partial charge in [0.1, 0.15) is 0 Å². The molecule has 1 rings (SSSR count). The molecule has 1 fully saturated rings. The van der Waals surface area contributed by atoms with Crippen LogP contribution in [0.15, 0.2) is 0 Å². The van der Waals surface area contributed by atoms with E-state index in [9.17, 15) is 8.42 Å². The van der Waals surface area contributed by atoms with E-state index in [-0.39, 0.29) is 0 Å². The summed E-state index contributed by atoms with van der Waals surface area (Å²) in [4.78, 5) is 0. The predicted molar refractivity (Wildman–Crippen MR) is 61.7 cm³/mol. The third kappa shape index (κ3) is 3.74. The van der Waals surface area contributed by atoms with Crippen LogP contribution in [-0.2, 0) is 10.2 Å². The molecule has 90 valence electrons. The molecule has 1 aliphatic rings. The highest BCUT2D eigenvalue weighted by Gasteiger charge is 2.29. The number of nitrogens with one attached hydrogen (secondary N) is 1. The van der Waals surface area contributed by atoms with Crippen LogP contribution in [0, 0.1) is 11.8 Å². The molecule has 0 aromatic rings. The van der Waals surface area contributed by atoms with Crippen molar-refractivity contribution in [3.63, 3.8) is 0 Å². The molecule has 0 amide bonds. The van der Waals surface area contributed by atoms with Gasteiger partial charge in [-0.3, -0.25) is 0 Å². The number of hydrogen-bond donors (Lipinski definition) is 1. The maximum absolute atomic E-state index is 11.9. The predicted octanol–water partition coefficient (Wildman–Crippen LogP) is 1.21. The normalized spacial score (nSPS) is 29.3. The molecule has 15 heavy (non-hydrogen) atoms. The zero-order valence-electron chi connectivity index (χ0n) is 9.86. The lowest BCUT2D eigenvalue weighted by Gasteiger charge is -2.33. The molecule has 0 radical (unpaired) electrons. The molecule has 5 heteroatoms. The molecule has 2 unspecified atom stereocenters. The zero-order valence-corrected chi connectivity index (χ0v) is 10.7. The van der Waals surface area contributed by atoms with E-state index in [1.54, 1.807) is 4.31 Å². The van der Waals surface area contributed by atoms with Crippen molar-refractivity contribution in [2.45, 2.75) is 33.6 Å². The second-order valence-electron chi connectivity index (χ2n) is 4.66. The van der Waals surface area contributed by atoms with E-state index >= 15 is 0 Å². The van der Waals surface area contributed by atoms with E-state index in [1.807, 2.05) is 6.92 Å². The zero-order chi connectivity index (χ0) is 11.5. The van der Waals surface area contributed by atoms with Gasteiger partial charge in [0.25, 0.3) is 10.2 Å². The minimum absolute atomic E-state index is 0.465. The molecule has 1 aliphatic heterocycles. The molecule has 0 aliphatic carbocycles. The van der Waals surface area contributed by atoms with Gasteiger partial charge in [0.05, 0.1) is 0 Å². The number of hydrogen-bond acceptors (Lipinski definition) is 2. The van der Waals surface area contributed by atoms with Crippen molar-refractivity contribution in [3.8, 4) is 0 Å². The van der Waals surface area contributed by atoms with Gasteiger partial charge in [-0.1, -0.05) is 20.8 Å². The first-order chi connectivity index (χ1) is 6.95. The Morgan fingerprint density at radius 2 is 1.80 bits per heavy atom. The quantitative estimate of drug-likeness (QED) is 0.795. The maximum Gasteiger partial charge on any atom is 0.279 e. The van der Waals surface area contributed by atoms with Crippen LogP contribution in [-0.4, -0.2) is 32.4 Å². The monoisotopic (exact) mass is 234 g/mol. The second-order valence-corrected chi connectivity index (χ2v) is 6.42. The first kappa shape index (κ1) is 12.9. The van der Waals surface area contributed by atoms with Gasteiger partial charge in [0, 0.05) is 19.6 Å². The Morgan fingerprint density at radius 1 is 1.27 bits per heavy atom. The van der Waals surface area contributed by atoms with Gasteiger partial charge in [-0.15, -0.1) is 0 Å². The highest BCUT2D eigenvalue weighted by Crippen LogP contribution is 2.22. The van der Waals surface area contributed by atoms with E-state index in [0.717, 1.165) is 12.8 Å². The second kappa shape index (κ2) is 5.27. The summed E-state index contributed by atoms with van der Waals surface area (Å²) in [5, 5.41) is 0. The smallest absolute Gasteiger partial charge is 0.202 e. The molecule has 0 saturated carbocycles. The molecule has 1 heterocycles. The van der Waals surface area contributed by atoms with Crippen LogP contribution in [0.5, 0.6) is 0 Å². The van der Waals surface area contributed by atoms with E-state index in [0.29, 0.717) is 31.5 Å². The van der Waals surface area contributed by atoms with Gasteiger partial charge in [0.2, 0.25) is 0 Å². The summed E-state index contributed by atoms with van der Waals surface area (Å²) in [6.07, 6.45) is 1.96. The molecule has 1 N–H and O–H groups in total. The largest absolute Gasteiger partial charge is 0.279 e. The van der Waals surface area contributed by atoms with Crippen LogP contribution in [0.1, 0.15) is 33.6 Å². The van der Waals surface area contributed by atoms with Crippen molar-refractivity contribution in [3.05, 3.63) is 0 Å². The topological polar surface area (TPSA) is 49.4 Å². The van der Waals surface area contributed by atoms with Crippen LogP contribution in [0.4, 0.5) is 0 Å². The van der Waals surface area contributed by atoms with Crippen LogP contribution >= 0.6 is 0 Å². The molecule has 0 aromatic heterocycles. The standard InChI is InChI=1S/C10H22N2O2S/c1-4-5-11-15(13,14)12-7-9(2)6-10(3)8-12/h9-11H,4-8H2,1-3H3. The molecular formula is C10H22N2O2S. The lowest BCUT2D eigenvalue weighted by Crippen LogP contribution is -2.47. The molecule has 1 saturated heterocycles. The summed E-state index contributed by atoms with van der Waals surface area (Å²) in [6.45, 7) is 8.02. The first-order valence-electron chi connectivity index (χ1n) is 5.70. The van der Waals surface area contributed by atoms with Crippen LogP contribution < -0.4 is 4.72 Å². The third-order valence-electron chi connectivity index (χ3n) is 2.71. The Balaban J connectivity index is 2.61. The fraction of sp³-hybridized carbons (Fsp3) is 1.00. The summed E-state index contributed by atoms with van der Waals surface area (Å²) in [6, 6.07) is 0. The Hall–Kier alpha value is -0.130. The Bertz CT molecular complexity index is 280. The van der Waals surface area contributed by atoms with Crippen molar-refractivity contribution < 1.29 is 8.42 Å².